The van der Waals surface area contributed by atoms with E-state index in [1.165, 1.54) is 11.1 Å². The third-order valence-electron chi connectivity index (χ3n) is 5.32. The Morgan fingerprint density at radius 1 is 1.20 bits per heavy atom. The van der Waals surface area contributed by atoms with Gasteiger partial charge in [0.1, 0.15) is 5.50 Å². The maximum atomic E-state index is 12.4. The fraction of sp³-hybridized carbons (Fsp3) is 0.273. The molecule has 1 atom stereocenters. The van der Waals surface area contributed by atoms with Crippen molar-refractivity contribution >= 4 is 49.7 Å². The lowest BCUT2D eigenvalue weighted by Crippen LogP contribution is -2.41. The lowest BCUT2D eigenvalue weighted by atomic mass is 9.97. The molecule has 0 radical (unpaired) electrons. The average molecular weight is 464 g/mol. The van der Waals surface area contributed by atoms with Gasteiger partial charge in [-0.2, -0.15) is 4.72 Å². The van der Waals surface area contributed by atoms with Crippen LogP contribution in [0.3, 0.4) is 0 Å². The predicted octanol–water partition coefficient (Wildman–Crippen LogP) is 4.76. The Labute approximate surface area is 186 Å². The number of sulfonamides is 1. The van der Waals surface area contributed by atoms with E-state index in [0.717, 1.165) is 34.6 Å². The minimum atomic E-state index is -3.63. The van der Waals surface area contributed by atoms with Crippen molar-refractivity contribution in [1.82, 2.24) is 14.6 Å². The quantitative estimate of drug-likeness (QED) is 0.408. The van der Waals surface area contributed by atoms with Crippen LogP contribution in [0.4, 0.5) is 0 Å². The third-order valence-corrected chi connectivity index (χ3v) is 7.42. The van der Waals surface area contributed by atoms with Crippen molar-refractivity contribution < 1.29 is 8.42 Å². The Kier molecular flexibility index (Phi) is 6.23. The summed E-state index contributed by atoms with van der Waals surface area (Å²) >= 11 is 12.5. The van der Waals surface area contributed by atoms with Gasteiger partial charge in [-0.15, -0.1) is 11.6 Å². The van der Waals surface area contributed by atoms with E-state index in [4.69, 9.17) is 23.2 Å². The maximum absolute atomic E-state index is 12.4. The lowest BCUT2D eigenvalue weighted by molar-refractivity contribution is 0.297. The zero-order valence-corrected chi connectivity index (χ0v) is 18.9. The number of nitrogens with one attached hydrogen (secondary N) is 2. The van der Waals surface area contributed by atoms with Crippen LogP contribution in [0.1, 0.15) is 17.7 Å². The van der Waals surface area contributed by atoms with Gasteiger partial charge in [-0.05, 0) is 49.2 Å². The zero-order chi connectivity index (χ0) is 21.3. The Morgan fingerprint density at radius 3 is 2.67 bits per heavy atom. The van der Waals surface area contributed by atoms with Crippen molar-refractivity contribution in [3.63, 3.8) is 0 Å². The topological polar surface area (TPSA) is 65.2 Å². The standard InChI is InChI=1S/C22H23Cl2N3O2S/c1-15-22(19-13-17(23)7-8-20(19)25-15)16-9-11-27(12-10-16)14-21(24)26-30(28,29)18-5-3-2-4-6-18/h2-9,13,21,25-26H,10-12,14H2,1H3. The third kappa shape index (κ3) is 4.58. The Morgan fingerprint density at radius 2 is 1.97 bits per heavy atom. The molecule has 0 spiro atoms. The minimum absolute atomic E-state index is 0.213. The van der Waals surface area contributed by atoms with Crippen LogP contribution >= 0.6 is 23.2 Å². The highest BCUT2D eigenvalue weighted by molar-refractivity contribution is 7.89. The summed E-state index contributed by atoms with van der Waals surface area (Å²) in [6, 6.07) is 14.1. The van der Waals surface area contributed by atoms with E-state index in [2.05, 4.69) is 27.6 Å². The van der Waals surface area contributed by atoms with E-state index in [-0.39, 0.29) is 4.90 Å². The van der Waals surface area contributed by atoms with E-state index in [1.54, 1.807) is 30.3 Å². The highest BCUT2D eigenvalue weighted by atomic mass is 35.5. The highest BCUT2D eigenvalue weighted by Crippen LogP contribution is 2.33. The molecule has 5 nitrogen and oxygen atoms in total. The van der Waals surface area contributed by atoms with Crippen LogP contribution in [-0.2, 0) is 10.0 Å². The predicted molar refractivity (Wildman–Crippen MR) is 123 cm³/mol. The monoisotopic (exact) mass is 463 g/mol. The smallest absolute Gasteiger partial charge is 0.241 e. The fourth-order valence-corrected chi connectivity index (χ4v) is 5.70. The molecule has 1 unspecified atom stereocenters. The Bertz CT molecular complexity index is 1190. The molecule has 4 rings (SSSR count). The molecule has 2 heterocycles. The Balaban J connectivity index is 1.43. The number of nitrogens with zero attached hydrogens (tertiary/aromatic N) is 1. The molecule has 0 aliphatic carbocycles. The van der Waals surface area contributed by atoms with Gasteiger partial charge in [-0.3, -0.25) is 4.90 Å². The normalized spacial score (nSPS) is 16.6. The largest absolute Gasteiger partial charge is 0.358 e. The SMILES string of the molecule is Cc1[nH]c2ccc(Cl)cc2c1C1=CCN(CC(Cl)NS(=O)(=O)c2ccccc2)CC1. The maximum Gasteiger partial charge on any atom is 0.241 e. The van der Waals surface area contributed by atoms with Crippen molar-refractivity contribution in [1.29, 1.82) is 0 Å². The van der Waals surface area contributed by atoms with Gasteiger partial charge in [0.2, 0.25) is 10.0 Å². The lowest BCUT2D eigenvalue weighted by Gasteiger charge is -2.28. The molecule has 3 aromatic rings. The highest BCUT2D eigenvalue weighted by Gasteiger charge is 2.23. The second kappa shape index (κ2) is 8.73. The number of aromatic amines is 1. The number of benzene rings is 2. The Hall–Kier alpha value is -1.83. The van der Waals surface area contributed by atoms with E-state index in [9.17, 15) is 8.42 Å². The van der Waals surface area contributed by atoms with Gasteiger partial charge in [0, 0.05) is 46.8 Å². The second-order valence-electron chi connectivity index (χ2n) is 7.46. The van der Waals surface area contributed by atoms with Crippen molar-refractivity contribution in [2.24, 2.45) is 0 Å². The van der Waals surface area contributed by atoms with Gasteiger partial charge >= 0.3 is 0 Å². The molecule has 1 aromatic heterocycles. The summed E-state index contributed by atoms with van der Waals surface area (Å²) in [6.45, 7) is 4.01. The van der Waals surface area contributed by atoms with Crippen LogP contribution < -0.4 is 4.72 Å². The van der Waals surface area contributed by atoms with Gasteiger partial charge in [0.05, 0.1) is 4.90 Å². The number of alkyl halides is 1. The first-order chi connectivity index (χ1) is 14.3. The summed E-state index contributed by atoms with van der Waals surface area (Å²) in [7, 11) is -3.63. The molecule has 0 saturated carbocycles. The van der Waals surface area contributed by atoms with E-state index < -0.39 is 15.5 Å². The first-order valence-electron chi connectivity index (χ1n) is 9.74. The average Bonchev–Trinajstić information content (AvgIpc) is 3.04. The number of aryl methyl sites for hydroxylation is 1. The summed E-state index contributed by atoms with van der Waals surface area (Å²) in [5.41, 5.74) is 3.97. The van der Waals surface area contributed by atoms with Crippen LogP contribution in [-0.4, -0.2) is 43.4 Å². The van der Waals surface area contributed by atoms with Crippen molar-refractivity contribution in [2.45, 2.75) is 23.7 Å². The number of hydrogen-bond acceptors (Lipinski definition) is 3. The number of fused-ring (bicyclic) bond motifs is 1. The molecule has 0 saturated heterocycles. The number of rotatable bonds is 6. The van der Waals surface area contributed by atoms with E-state index in [1.807, 2.05) is 18.2 Å². The summed E-state index contributed by atoms with van der Waals surface area (Å²) < 4.78 is 27.4. The molecule has 0 amide bonds. The molecule has 2 aromatic carbocycles. The second-order valence-corrected chi connectivity index (χ2v) is 10.1. The van der Waals surface area contributed by atoms with Crippen molar-refractivity contribution in [2.75, 3.05) is 19.6 Å². The van der Waals surface area contributed by atoms with Crippen molar-refractivity contribution in [3.8, 4) is 0 Å². The minimum Gasteiger partial charge on any atom is -0.358 e. The molecule has 0 bridgehead atoms. The van der Waals surface area contributed by atoms with Gasteiger partial charge in [-0.25, -0.2) is 8.42 Å². The first kappa shape index (κ1) is 21.4. The van der Waals surface area contributed by atoms with Crippen LogP contribution in [0.5, 0.6) is 0 Å². The zero-order valence-electron chi connectivity index (χ0n) is 16.5. The molecule has 1 aliphatic rings. The summed E-state index contributed by atoms with van der Waals surface area (Å²) in [5, 5.41) is 1.85. The van der Waals surface area contributed by atoms with Gasteiger partial charge in [-0.1, -0.05) is 35.9 Å². The molecule has 0 fully saturated rings. The fourth-order valence-electron chi connectivity index (χ4n) is 3.92. The van der Waals surface area contributed by atoms with Crippen LogP contribution in [0.25, 0.3) is 16.5 Å². The van der Waals surface area contributed by atoms with Crippen molar-refractivity contribution in [3.05, 3.63) is 70.9 Å². The van der Waals surface area contributed by atoms with Gasteiger partial charge in [0.25, 0.3) is 0 Å². The van der Waals surface area contributed by atoms with Gasteiger partial charge in [0.15, 0.2) is 0 Å². The molecule has 30 heavy (non-hydrogen) atoms. The summed E-state index contributed by atoms with van der Waals surface area (Å²) in [6.07, 6.45) is 3.05. The number of H-pyrrole nitrogens is 1. The van der Waals surface area contributed by atoms with Crippen LogP contribution in [0.2, 0.25) is 5.02 Å². The summed E-state index contributed by atoms with van der Waals surface area (Å²) in [4.78, 5) is 5.78. The molecular weight excluding hydrogens is 441 g/mol. The van der Waals surface area contributed by atoms with E-state index in [0.29, 0.717) is 13.1 Å². The number of halogens is 2. The first-order valence-corrected chi connectivity index (χ1v) is 12.0. The van der Waals surface area contributed by atoms with Crippen LogP contribution in [0.15, 0.2) is 59.5 Å². The molecule has 8 heteroatoms. The molecular formula is C22H23Cl2N3O2S. The number of hydrogen-bond donors (Lipinski definition) is 2. The molecule has 158 valence electrons. The molecule has 1 aliphatic heterocycles. The van der Waals surface area contributed by atoms with Gasteiger partial charge < -0.3 is 4.98 Å². The van der Waals surface area contributed by atoms with E-state index >= 15 is 0 Å². The molecule has 2 N–H and O–H groups in total. The summed E-state index contributed by atoms with van der Waals surface area (Å²) in [5.74, 6) is 0. The number of aromatic nitrogens is 1. The van der Waals surface area contributed by atoms with Crippen LogP contribution in [0, 0.1) is 6.92 Å².